The molecule has 3 aromatic rings. The fourth-order valence-electron chi connectivity index (χ4n) is 3.00. The second kappa shape index (κ2) is 8.44. The lowest BCUT2D eigenvalue weighted by molar-refractivity contribution is -0.389. The number of aryl methyl sites for hydroxylation is 2. The first-order chi connectivity index (χ1) is 13.8. The Balaban J connectivity index is 1.62. The highest BCUT2D eigenvalue weighted by Gasteiger charge is 2.15. The maximum atomic E-state index is 12.5. The smallest absolute Gasteiger partial charge is 0.358 e. The lowest BCUT2D eigenvalue weighted by Crippen LogP contribution is -2.27. The summed E-state index contributed by atoms with van der Waals surface area (Å²) in [5, 5.41) is 22.6. The van der Waals surface area contributed by atoms with Crippen molar-refractivity contribution in [3.63, 3.8) is 0 Å². The maximum absolute atomic E-state index is 12.5. The molecule has 9 nitrogen and oxygen atoms in total. The van der Waals surface area contributed by atoms with Gasteiger partial charge in [0.2, 0.25) is 0 Å². The van der Waals surface area contributed by atoms with Crippen LogP contribution in [0.4, 0.5) is 5.82 Å². The number of nitrogens with zero attached hydrogens (tertiary/aromatic N) is 5. The minimum absolute atomic E-state index is 0.203. The molecule has 1 N–H and O–H groups in total. The number of carbonyl (C=O) groups excluding carboxylic acids is 1. The molecule has 0 bridgehead atoms. The Morgan fingerprint density at radius 1 is 1.21 bits per heavy atom. The average Bonchev–Trinajstić information content (AvgIpc) is 3.17. The van der Waals surface area contributed by atoms with Crippen molar-refractivity contribution in [1.82, 2.24) is 24.9 Å². The van der Waals surface area contributed by atoms with Gasteiger partial charge >= 0.3 is 5.82 Å². The van der Waals surface area contributed by atoms with E-state index in [2.05, 4.69) is 15.5 Å². The van der Waals surface area contributed by atoms with Crippen LogP contribution in [0.2, 0.25) is 5.02 Å². The Hall–Kier alpha value is -3.20. The van der Waals surface area contributed by atoms with Crippen LogP contribution in [0.5, 0.6) is 0 Å². The number of carbonyl (C=O) groups is 1. The zero-order valence-electron chi connectivity index (χ0n) is 16.3. The van der Waals surface area contributed by atoms with Gasteiger partial charge in [0, 0.05) is 12.1 Å². The zero-order chi connectivity index (χ0) is 21.1. The van der Waals surface area contributed by atoms with Gasteiger partial charge in [-0.05, 0) is 43.4 Å². The SMILES string of the molecule is Cc1nn(Cc2cccc(C(=O)NCCn3nc([N+](=O)[O-])cc3C)c2)c(C)c1Cl. The Kier molecular flexibility index (Phi) is 5.97. The number of nitrogens with one attached hydrogen (secondary N) is 1. The number of halogens is 1. The number of hydrogen-bond donors (Lipinski definition) is 1. The molecule has 0 aliphatic rings. The third-order valence-corrected chi connectivity index (χ3v) is 5.13. The van der Waals surface area contributed by atoms with Gasteiger partial charge in [0.05, 0.1) is 46.4 Å². The summed E-state index contributed by atoms with van der Waals surface area (Å²) >= 11 is 6.19. The van der Waals surface area contributed by atoms with Gasteiger partial charge in [-0.15, -0.1) is 0 Å². The van der Waals surface area contributed by atoms with E-state index in [-0.39, 0.29) is 11.7 Å². The standard InChI is InChI=1S/C19H21ClN6O3/c1-12-9-17(26(28)29)23-24(12)8-7-21-19(27)16-6-4-5-15(10-16)11-25-14(3)18(20)13(2)22-25/h4-6,9-10H,7-8,11H2,1-3H3,(H,21,27). The summed E-state index contributed by atoms with van der Waals surface area (Å²) in [6.07, 6.45) is 0. The van der Waals surface area contributed by atoms with Crippen LogP contribution >= 0.6 is 11.6 Å². The van der Waals surface area contributed by atoms with Crippen molar-refractivity contribution < 1.29 is 9.72 Å². The van der Waals surface area contributed by atoms with Gasteiger partial charge in [0.25, 0.3) is 5.91 Å². The second-order valence-corrected chi connectivity index (χ2v) is 7.10. The Labute approximate surface area is 172 Å². The molecule has 29 heavy (non-hydrogen) atoms. The highest BCUT2D eigenvalue weighted by Crippen LogP contribution is 2.20. The van der Waals surface area contributed by atoms with Crippen molar-refractivity contribution in [2.75, 3.05) is 6.54 Å². The van der Waals surface area contributed by atoms with Crippen LogP contribution < -0.4 is 5.32 Å². The van der Waals surface area contributed by atoms with E-state index in [4.69, 9.17) is 11.6 Å². The van der Waals surface area contributed by atoms with Gasteiger partial charge in [-0.2, -0.15) is 9.78 Å². The number of benzene rings is 1. The number of aromatic nitrogens is 4. The number of amides is 1. The molecule has 0 spiro atoms. The minimum Gasteiger partial charge on any atom is -0.358 e. The summed E-state index contributed by atoms with van der Waals surface area (Å²) in [4.78, 5) is 22.7. The molecule has 3 rings (SSSR count). The molecule has 0 saturated heterocycles. The van der Waals surface area contributed by atoms with Crippen molar-refractivity contribution in [1.29, 1.82) is 0 Å². The summed E-state index contributed by atoms with van der Waals surface area (Å²) in [5.74, 6) is -0.427. The summed E-state index contributed by atoms with van der Waals surface area (Å²) in [6, 6.07) is 8.68. The van der Waals surface area contributed by atoms with Gasteiger partial charge in [0.1, 0.15) is 0 Å². The summed E-state index contributed by atoms with van der Waals surface area (Å²) < 4.78 is 3.31. The summed E-state index contributed by atoms with van der Waals surface area (Å²) in [7, 11) is 0. The number of nitro groups is 1. The van der Waals surface area contributed by atoms with Gasteiger partial charge in [-0.25, -0.2) is 0 Å². The van der Waals surface area contributed by atoms with Gasteiger partial charge < -0.3 is 15.4 Å². The monoisotopic (exact) mass is 416 g/mol. The molecule has 1 aromatic carbocycles. The molecule has 152 valence electrons. The molecule has 0 saturated carbocycles. The summed E-state index contributed by atoms with van der Waals surface area (Å²) in [6.45, 7) is 6.64. The van der Waals surface area contributed by atoms with Crippen LogP contribution in [-0.4, -0.2) is 36.9 Å². The molecule has 0 unspecified atom stereocenters. The topological polar surface area (TPSA) is 108 Å². The number of hydrogen-bond acceptors (Lipinski definition) is 5. The molecule has 0 aliphatic heterocycles. The van der Waals surface area contributed by atoms with Crippen LogP contribution in [0, 0.1) is 30.9 Å². The normalized spacial score (nSPS) is 10.9. The third-order valence-electron chi connectivity index (χ3n) is 4.58. The van der Waals surface area contributed by atoms with E-state index in [1.807, 2.05) is 36.7 Å². The summed E-state index contributed by atoms with van der Waals surface area (Å²) in [5.41, 5.74) is 3.77. The predicted octanol–water partition coefficient (Wildman–Crippen LogP) is 3.04. The third kappa shape index (κ3) is 4.62. The second-order valence-electron chi connectivity index (χ2n) is 6.72. The molecular formula is C19H21ClN6O3. The first-order valence-corrected chi connectivity index (χ1v) is 9.39. The van der Waals surface area contributed by atoms with Crippen LogP contribution in [-0.2, 0) is 13.1 Å². The highest BCUT2D eigenvalue weighted by molar-refractivity contribution is 6.31. The Bertz CT molecular complexity index is 1070. The van der Waals surface area contributed by atoms with Crippen LogP contribution in [0.15, 0.2) is 30.3 Å². The van der Waals surface area contributed by atoms with Gasteiger partial charge in [0.15, 0.2) is 0 Å². The molecule has 2 heterocycles. The fourth-order valence-corrected chi connectivity index (χ4v) is 3.13. The molecule has 0 radical (unpaired) electrons. The zero-order valence-corrected chi connectivity index (χ0v) is 17.1. The molecular weight excluding hydrogens is 396 g/mol. The van der Waals surface area contributed by atoms with E-state index in [0.29, 0.717) is 35.9 Å². The van der Waals surface area contributed by atoms with Crippen LogP contribution in [0.25, 0.3) is 0 Å². The Morgan fingerprint density at radius 3 is 2.59 bits per heavy atom. The van der Waals surface area contributed by atoms with Crippen LogP contribution in [0.3, 0.4) is 0 Å². The van der Waals surface area contributed by atoms with E-state index in [9.17, 15) is 14.9 Å². The minimum atomic E-state index is -0.538. The fraction of sp³-hybridized carbons (Fsp3) is 0.316. The molecule has 0 aliphatic carbocycles. The molecule has 10 heteroatoms. The molecule has 0 atom stereocenters. The highest BCUT2D eigenvalue weighted by atomic mass is 35.5. The first-order valence-electron chi connectivity index (χ1n) is 9.01. The quantitative estimate of drug-likeness (QED) is 0.470. The van der Waals surface area contributed by atoms with Gasteiger partial charge in [-0.1, -0.05) is 23.7 Å². The van der Waals surface area contributed by atoms with Crippen molar-refractivity contribution >= 4 is 23.3 Å². The first kappa shape index (κ1) is 20.5. The predicted molar refractivity (Wildman–Crippen MR) is 108 cm³/mol. The lowest BCUT2D eigenvalue weighted by Gasteiger charge is -2.08. The van der Waals surface area contributed by atoms with Crippen molar-refractivity contribution in [2.45, 2.75) is 33.9 Å². The van der Waals surface area contributed by atoms with Gasteiger partial charge in [-0.3, -0.25) is 9.48 Å². The van der Waals surface area contributed by atoms with E-state index in [1.165, 1.54) is 10.7 Å². The largest absolute Gasteiger partial charge is 0.390 e. The average molecular weight is 417 g/mol. The van der Waals surface area contributed by atoms with E-state index in [1.54, 1.807) is 13.0 Å². The molecule has 1 amide bonds. The number of rotatable bonds is 7. The Morgan fingerprint density at radius 2 is 1.97 bits per heavy atom. The lowest BCUT2D eigenvalue weighted by atomic mass is 10.1. The van der Waals surface area contributed by atoms with Crippen molar-refractivity contribution in [3.05, 3.63) is 73.7 Å². The molecule has 2 aromatic heterocycles. The van der Waals surface area contributed by atoms with E-state index in [0.717, 1.165) is 17.0 Å². The van der Waals surface area contributed by atoms with E-state index >= 15 is 0 Å². The molecule has 0 fully saturated rings. The van der Waals surface area contributed by atoms with Crippen molar-refractivity contribution in [2.24, 2.45) is 0 Å². The van der Waals surface area contributed by atoms with E-state index < -0.39 is 4.92 Å². The van der Waals surface area contributed by atoms with Crippen molar-refractivity contribution in [3.8, 4) is 0 Å². The van der Waals surface area contributed by atoms with Crippen LogP contribution in [0.1, 0.15) is 33.0 Å². The maximum Gasteiger partial charge on any atom is 0.390 e.